The van der Waals surface area contributed by atoms with Crippen molar-refractivity contribution in [2.45, 2.75) is 126 Å². The van der Waals surface area contributed by atoms with E-state index in [2.05, 4.69) is 47.6 Å². The quantitative estimate of drug-likeness (QED) is 0.418. The molecule has 0 saturated heterocycles. The third-order valence-electron chi connectivity index (χ3n) is 11.3. The minimum absolute atomic E-state index is 0. The number of aliphatic hydroxyl groups is 1. The molecule has 0 unspecified atom stereocenters. The van der Waals surface area contributed by atoms with Crippen LogP contribution < -0.4 is 0 Å². The molecule has 9 atom stereocenters. The van der Waals surface area contributed by atoms with Gasteiger partial charge in [-0.15, -0.1) is 0 Å². The van der Waals surface area contributed by atoms with Crippen molar-refractivity contribution < 1.29 is 5.11 Å². The summed E-state index contributed by atoms with van der Waals surface area (Å²) in [6, 6.07) is 0. The fourth-order valence-electron chi connectivity index (χ4n) is 9.30. The normalized spacial score (nSPS) is 43.9. The van der Waals surface area contributed by atoms with Gasteiger partial charge in [0.1, 0.15) is 0 Å². The molecule has 0 heterocycles. The van der Waals surface area contributed by atoms with Gasteiger partial charge in [0, 0.05) is 0 Å². The van der Waals surface area contributed by atoms with Crippen molar-refractivity contribution >= 4 is 0 Å². The highest BCUT2D eigenvalue weighted by Crippen LogP contribution is 2.67. The SMILES string of the molecule is C.CC[C@H](CC[C@@H](C)[C@H]1CC[C@H]2[C@@H]3CC=C4C[C@@H](O)CC[C@]4(C)[C@H]3CC[C@]12C)C(C)C. The van der Waals surface area contributed by atoms with Crippen molar-refractivity contribution in [2.24, 2.45) is 52.3 Å². The van der Waals surface area contributed by atoms with Crippen LogP contribution in [-0.2, 0) is 0 Å². The van der Waals surface area contributed by atoms with Crippen LogP contribution in [0.4, 0.5) is 0 Å². The summed E-state index contributed by atoms with van der Waals surface area (Å²) >= 11 is 0. The molecular weight excluding hydrogens is 376 g/mol. The maximum Gasteiger partial charge on any atom is 0.0577 e. The first-order chi connectivity index (χ1) is 14.2. The van der Waals surface area contributed by atoms with Gasteiger partial charge in [0.05, 0.1) is 6.10 Å². The summed E-state index contributed by atoms with van der Waals surface area (Å²) in [6.07, 6.45) is 17.1. The van der Waals surface area contributed by atoms with Crippen LogP contribution in [-0.4, -0.2) is 11.2 Å². The highest BCUT2D eigenvalue weighted by Gasteiger charge is 2.59. The summed E-state index contributed by atoms with van der Waals surface area (Å²) in [4.78, 5) is 0. The average Bonchev–Trinajstić information content (AvgIpc) is 3.06. The van der Waals surface area contributed by atoms with Crippen molar-refractivity contribution in [3.63, 3.8) is 0 Å². The van der Waals surface area contributed by atoms with Gasteiger partial charge in [0.25, 0.3) is 0 Å². The number of hydrogen-bond acceptors (Lipinski definition) is 1. The molecular formula is C30H54O. The number of rotatable bonds is 6. The van der Waals surface area contributed by atoms with E-state index >= 15 is 0 Å². The zero-order valence-corrected chi connectivity index (χ0v) is 20.9. The van der Waals surface area contributed by atoms with E-state index in [4.69, 9.17) is 0 Å². The van der Waals surface area contributed by atoms with E-state index in [0.717, 1.165) is 54.3 Å². The predicted octanol–water partition coefficient (Wildman–Crippen LogP) is 8.66. The summed E-state index contributed by atoms with van der Waals surface area (Å²) in [5, 5.41) is 10.2. The maximum atomic E-state index is 10.2. The maximum absolute atomic E-state index is 10.2. The van der Waals surface area contributed by atoms with Crippen molar-refractivity contribution in [3.8, 4) is 0 Å². The zero-order chi connectivity index (χ0) is 21.7. The topological polar surface area (TPSA) is 20.2 Å². The van der Waals surface area contributed by atoms with Gasteiger partial charge in [0.2, 0.25) is 0 Å². The second-order valence-corrected chi connectivity index (χ2v) is 12.9. The molecule has 0 bridgehead atoms. The lowest BCUT2D eigenvalue weighted by Crippen LogP contribution is -2.50. The van der Waals surface area contributed by atoms with Crippen LogP contribution in [0.2, 0.25) is 0 Å². The fourth-order valence-corrected chi connectivity index (χ4v) is 9.30. The summed E-state index contributed by atoms with van der Waals surface area (Å²) in [5.74, 6) is 6.31. The molecule has 0 radical (unpaired) electrons. The Kier molecular flexibility index (Phi) is 7.77. The molecule has 1 N–H and O–H groups in total. The Labute approximate surface area is 194 Å². The molecule has 0 aromatic rings. The van der Waals surface area contributed by atoms with Crippen LogP contribution in [0, 0.1) is 52.3 Å². The molecule has 31 heavy (non-hydrogen) atoms. The van der Waals surface area contributed by atoms with Gasteiger partial charge in [-0.05, 0) is 110 Å². The molecule has 3 saturated carbocycles. The molecule has 1 nitrogen and oxygen atoms in total. The molecule has 4 aliphatic carbocycles. The largest absolute Gasteiger partial charge is 0.393 e. The van der Waals surface area contributed by atoms with Crippen LogP contribution in [0.3, 0.4) is 0 Å². The van der Waals surface area contributed by atoms with E-state index in [1.165, 1.54) is 57.8 Å². The highest BCUT2D eigenvalue weighted by atomic mass is 16.3. The first-order valence-electron chi connectivity index (χ1n) is 13.6. The summed E-state index contributed by atoms with van der Waals surface area (Å²) in [5.41, 5.74) is 2.59. The van der Waals surface area contributed by atoms with Gasteiger partial charge in [-0.1, -0.05) is 73.5 Å². The predicted molar refractivity (Wildman–Crippen MR) is 135 cm³/mol. The van der Waals surface area contributed by atoms with E-state index in [1.54, 1.807) is 5.57 Å². The standard InChI is InChI=1S/C29H50O.CH4/c1-7-21(19(2)3)9-8-20(4)25-12-13-26-24-11-10-22-18-23(30)14-16-28(22,5)27(24)15-17-29(25,26)6;/h10,19-21,23-27,30H,7-9,11-18H2,1-6H3;1H4/t20-,21-,23+,24+,25-,26+,27+,28+,29-;/m1./s1. The Morgan fingerprint density at radius 2 is 1.74 bits per heavy atom. The number of fused-ring (bicyclic) bond motifs is 5. The molecule has 3 fully saturated rings. The monoisotopic (exact) mass is 430 g/mol. The van der Waals surface area contributed by atoms with Crippen LogP contribution in [0.1, 0.15) is 120 Å². The molecule has 0 amide bonds. The summed E-state index contributed by atoms with van der Waals surface area (Å²) in [7, 11) is 0. The lowest BCUT2D eigenvalue weighted by molar-refractivity contribution is -0.0575. The van der Waals surface area contributed by atoms with Crippen LogP contribution in [0.5, 0.6) is 0 Å². The lowest BCUT2D eigenvalue weighted by Gasteiger charge is -2.58. The smallest absolute Gasteiger partial charge is 0.0577 e. The summed E-state index contributed by atoms with van der Waals surface area (Å²) < 4.78 is 0. The Bertz CT molecular complexity index is 634. The average molecular weight is 431 g/mol. The number of allylic oxidation sites excluding steroid dienone is 1. The van der Waals surface area contributed by atoms with Crippen molar-refractivity contribution in [1.82, 2.24) is 0 Å². The van der Waals surface area contributed by atoms with Crippen LogP contribution in [0.15, 0.2) is 11.6 Å². The number of aliphatic hydroxyl groups excluding tert-OH is 1. The van der Waals surface area contributed by atoms with E-state index < -0.39 is 0 Å². The first kappa shape index (κ1) is 25.3. The zero-order valence-electron chi connectivity index (χ0n) is 20.9. The molecule has 0 aliphatic heterocycles. The van der Waals surface area contributed by atoms with Gasteiger partial charge in [-0.3, -0.25) is 0 Å². The van der Waals surface area contributed by atoms with Gasteiger partial charge in [0.15, 0.2) is 0 Å². The Morgan fingerprint density at radius 3 is 2.42 bits per heavy atom. The van der Waals surface area contributed by atoms with Crippen molar-refractivity contribution in [3.05, 3.63) is 11.6 Å². The molecule has 4 aliphatic rings. The number of hydrogen-bond donors (Lipinski definition) is 1. The van der Waals surface area contributed by atoms with Crippen molar-refractivity contribution in [2.75, 3.05) is 0 Å². The van der Waals surface area contributed by atoms with Gasteiger partial charge in [-0.25, -0.2) is 0 Å². The highest BCUT2D eigenvalue weighted by molar-refractivity contribution is 5.25. The van der Waals surface area contributed by atoms with Crippen LogP contribution >= 0.6 is 0 Å². The Morgan fingerprint density at radius 1 is 1.00 bits per heavy atom. The van der Waals surface area contributed by atoms with E-state index in [0.29, 0.717) is 10.8 Å². The van der Waals surface area contributed by atoms with E-state index in [-0.39, 0.29) is 13.5 Å². The summed E-state index contributed by atoms with van der Waals surface area (Å²) in [6.45, 7) is 15.1. The molecule has 0 aromatic heterocycles. The van der Waals surface area contributed by atoms with Crippen molar-refractivity contribution in [1.29, 1.82) is 0 Å². The lowest BCUT2D eigenvalue weighted by atomic mass is 9.47. The molecule has 1 heteroatoms. The Hall–Kier alpha value is -0.300. The first-order valence-corrected chi connectivity index (χ1v) is 13.6. The second kappa shape index (κ2) is 9.52. The third-order valence-corrected chi connectivity index (χ3v) is 11.3. The molecule has 4 rings (SSSR count). The fraction of sp³-hybridized carbons (Fsp3) is 0.933. The van der Waals surface area contributed by atoms with Gasteiger partial charge >= 0.3 is 0 Å². The third kappa shape index (κ3) is 4.31. The molecule has 0 aromatic carbocycles. The molecule has 0 spiro atoms. The van der Waals surface area contributed by atoms with Gasteiger partial charge in [-0.2, -0.15) is 0 Å². The Balaban J connectivity index is 0.00000272. The minimum atomic E-state index is -0.0794. The van der Waals surface area contributed by atoms with Gasteiger partial charge < -0.3 is 5.11 Å². The molecule has 180 valence electrons. The van der Waals surface area contributed by atoms with E-state index in [9.17, 15) is 5.11 Å². The van der Waals surface area contributed by atoms with Crippen LogP contribution in [0.25, 0.3) is 0 Å². The second-order valence-electron chi connectivity index (χ2n) is 12.9. The minimum Gasteiger partial charge on any atom is -0.393 e. The van der Waals surface area contributed by atoms with E-state index in [1.807, 2.05) is 0 Å².